The Morgan fingerprint density at radius 2 is 0.804 bits per heavy atom. The highest BCUT2D eigenvalue weighted by molar-refractivity contribution is 6.07. The van der Waals surface area contributed by atoms with Crippen molar-refractivity contribution in [1.82, 2.24) is 9.80 Å². The van der Waals surface area contributed by atoms with Gasteiger partial charge < -0.3 is 41.4 Å². The minimum absolute atomic E-state index is 0.0858. The molecule has 15 nitrogen and oxygen atoms in total. The molecule has 2 aliphatic heterocycles. The summed E-state index contributed by atoms with van der Waals surface area (Å²) < 4.78 is 10.7. The Bertz CT molecular complexity index is 1840. The van der Waals surface area contributed by atoms with E-state index in [1.165, 1.54) is 0 Å². The molecule has 56 heavy (non-hydrogen) atoms. The summed E-state index contributed by atoms with van der Waals surface area (Å²) in [4.78, 5) is 68.1. The Balaban J connectivity index is 0.936. The number of urea groups is 1. The van der Waals surface area contributed by atoms with E-state index in [-0.39, 0.29) is 23.6 Å². The molecule has 4 aromatic carbocycles. The molecule has 6 amide bonds. The van der Waals surface area contributed by atoms with Crippen molar-refractivity contribution in [3.63, 3.8) is 0 Å². The van der Waals surface area contributed by atoms with E-state index in [2.05, 4.69) is 41.7 Å². The maximum atomic E-state index is 13.0. The molecular formula is C41H46N8O7. The third-order valence-corrected chi connectivity index (χ3v) is 9.14. The number of carbonyl (C=O) groups is 5. The van der Waals surface area contributed by atoms with Crippen molar-refractivity contribution in [2.75, 3.05) is 97.6 Å². The zero-order valence-corrected chi connectivity index (χ0v) is 31.0. The standard InChI is InChI=1S/C41H46N8O7/c50-37(15-17-48-19-23-55-24-20-48)42-31-7-11-33(12-8-31)44-39(52)29-3-1-5-35(27-29)46-41(54)47-36-6-2-4-30(28-36)40(53)45-34-13-9-32(10-14-34)43-38(51)16-18-49-21-25-56-26-22-49/h1-14,27-28H,15-26H2,(H,42,50)(H,43,51)(H,44,52)(H,45,53)(H2,46,47,54). The van der Waals surface area contributed by atoms with E-state index in [0.717, 1.165) is 26.2 Å². The van der Waals surface area contributed by atoms with E-state index in [0.29, 0.717) is 97.6 Å². The molecule has 2 saturated heterocycles. The van der Waals surface area contributed by atoms with Gasteiger partial charge in [0.2, 0.25) is 11.8 Å². The number of carbonyl (C=O) groups excluding carboxylic acids is 5. The topological polar surface area (TPSA) is 182 Å². The molecule has 0 bridgehead atoms. The van der Waals surface area contributed by atoms with Crippen LogP contribution in [-0.2, 0) is 19.1 Å². The first kappa shape index (κ1) is 39.6. The number of nitrogens with one attached hydrogen (secondary N) is 6. The second-order valence-corrected chi connectivity index (χ2v) is 13.3. The number of rotatable bonds is 14. The third kappa shape index (κ3) is 12.5. The fourth-order valence-corrected chi connectivity index (χ4v) is 6.07. The van der Waals surface area contributed by atoms with Crippen molar-refractivity contribution >= 4 is 63.8 Å². The molecule has 0 unspecified atom stereocenters. The van der Waals surface area contributed by atoms with Gasteiger partial charge in [-0.05, 0) is 84.9 Å². The molecule has 15 heteroatoms. The lowest BCUT2D eigenvalue weighted by Crippen LogP contribution is -2.38. The second kappa shape index (κ2) is 20.0. The molecule has 2 heterocycles. The molecule has 0 atom stereocenters. The predicted octanol–water partition coefficient (Wildman–Crippen LogP) is 5.16. The van der Waals surface area contributed by atoms with Crippen LogP contribution in [0, 0.1) is 0 Å². The zero-order chi connectivity index (χ0) is 39.1. The van der Waals surface area contributed by atoms with Crippen LogP contribution in [0.5, 0.6) is 0 Å². The van der Waals surface area contributed by atoms with Gasteiger partial charge in [-0.2, -0.15) is 0 Å². The van der Waals surface area contributed by atoms with Crippen molar-refractivity contribution in [3.05, 3.63) is 108 Å². The van der Waals surface area contributed by atoms with Crippen LogP contribution < -0.4 is 31.9 Å². The number of hydrogen-bond donors (Lipinski definition) is 6. The van der Waals surface area contributed by atoms with Crippen LogP contribution in [0.15, 0.2) is 97.1 Å². The van der Waals surface area contributed by atoms with Gasteiger partial charge in [-0.25, -0.2) is 4.79 Å². The highest BCUT2D eigenvalue weighted by Gasteiger charge is 2.15. The van der Waals surface area contributed by atoms with Gasteiger partial charge in [0, 0.05) is 97.4 Å². The van der Waals surface area contributed by atoms with Crippen molar-refractivity contribution in [1.29, 1.82) is 0 Å². The van der Waals surface area contributed by atoms with Gasteiger partial charge in [0.15, 0.2) is 0 Å². The lowest BCUT2D eigenvalue weighted by Gasteiger charge is -2.26. The van der Waals surface area contributed by atoms with Gasteiger partial charge in [-0.3, -0.25) is 29.0 Å². The van der Waals surface area contributed by atoms with Crippen LogP contribution in [-0.4, -0.2) is 105 Å². The molecular weight excluding hydrogens is 716 g/mol. The van der Waals surface area contributed by atoms with Crippen LogP contribution in [0.25, 0.3) is 0 Å². The quantitative estimate of drug-likeness (QED) is 0.101. The summed E-state index contributed by atoms with van der Waals surface area (Å²) >= 11 is 0. The molecule has 0 saturated carbocycles. The third-order valence-electron chi connectivity index (χ3n) is 9.14. The first-order chi connectivity index (χ1) is 27.3. The first-order valence-corrected chi connectivity index (χ1v) is 18.6. The summed E-state index contributed by atoms with van der Waals surface area (Å²) in [6.07, 6.45) is 0.753. The molecule has 6 N–H and O–H groups in total. The number of hydrogen-bond acceptors (Lipinski definition) is 9. The summed E-state index contributed by atoms with van der Waals surface area (Å²) in [5.74, 6) is -0.933. The van der Waals surface area contributed by atoms with E-state index in [1.807, 2.05) is 0 Å². The fourth-order valence-electron chi connectivity index (χ4n) is 6.07. The largest absolute Gasteiger partial charge is 0.379 e. The molecule has 4 aromatic rings. The zero-order valence-electron chi connectivity index (χ0n) is 31.0. The average molecular weight is 763 g/mol. The van der Waals surface area contributed by atoms with Crippen molar-refractivity contribution < 1.29 is 33.4 Å². The summed E-state index contributed by atoms with van der Waals surface area (Å²) in [6, 6.07) is 26.1. The summed E-state index contributed by atoms with van der Waals surface area (Å²) in [6.45, 7) is 7.37. The normalized spacial score (nSPS) is 14.6. The Morgan fingerprint density at radius 3 is 1.18 bits per heavy atom. The molecule has 0 aromatic heterocycles. The summed E-state index contributed by atoms with van der Waals surface area (Å²) in [5.41, 5.74) is 3.74. The summed E-state index contributed by atoms with van der Waals surface area (Å²) in [7, 11) is 0. The van der Waals surface area contributed by atoms with Crippen LogP contribution in [0.4, 0.5) is 38.9 Å². The number of benzene rings is 4. The van der Waals surface area contributed by atoms with Crippen LogP contribution in [0.2, 0.25) is 0 Å². The van der Waals surface area contributed by atoms with Gasteiger partial charge in [-0.1, -0.05) is 12.1 Å². The number of ether oxygens (including phenoxy) is 2. The first-order valence-electron chi connectivity index (χ1n) is 18.6. The molecule has 0 radical (unpaired) electrons. The molecule has 0 aliphatic carbocycles. The fraction of sp³-hybridized carbons (Fsp3) is 0.293. The molecule has 0 spiro atoms. The van der Waals surface area contributed by atoms with E-state index in [9.17, 15) is 24.0 Å². The van der Waals surface area contributed by atoms with Gasteiger partial charge in [0.1, 0.15) is 0 Å². The Hall–Kier alpha value is -6.13. The van der Waals surface area contributed by atoms with Crippen LogP contribution in [0.1, 0.15) is 33.6 Å². The molecule has 6 rings (SSSR count). The maximum Gasteiger partial charge on any atom is 0.323 e. The molecule has 2 aliphatic rings. The lowest BCUT2D eigenvalue weighted by molar-refractivity contribution is -0.117. The number of morpholine rings is 2. The highest BCUT2D eigenvalue weighted by atomic mass is 16.5. The highest BCUT2D eigenvalue weighted by Crippen LogP contribution is 2.19. The van der Waals surface area contributed by atoms with Gasteiger partial charge in [0.05, 0.1) is 26.4 Å². The van der Waals surface area contributed by atoms with Crippen LogP contribution in [0.3, 0.4) is 0 Å². The van der Waals surface area contributed by atoms with Gasteiger partial charge >= 0.3 is 6.03 Å². The maximum absolute atomic E-state index is 13.0. The minimum atomic E-state index is -0.565. The molecule has 2 fully saturated rings. The van der Waals surface area contributed by atoms with Gasteiger partial charge in [0.25, 0.3) is 11.8 Å². The lowest BCUT2D eigenvalue weighted by atomic mass is 10.1. The smallest absolute Gasteiger partial charge is 0.323 e. The van der Waals surface area contributed by atoms with Crippen molar-refractivity contribution in [3.8, 4) is 0 Å². The van der Waals surface area contributed by atoms with Crippen molar-refractivity contribution in [2.24, 2.45) is 0 Å². The Kier molecular flexibility index (Phi) is 14.1. The SMILES string of the molecule is O=C(CCN1CCOCC1)Nc1ccc(NC(=O)c2cccc(NC(=O)Nc3cccc(C(=O)Nc4ccc(NC(=O)CCN5CCOCC5)cc4)c3)c2)cc1. The Morgan fingerprint density at radius 1 is 0.446 bits per heavy atom. The van der Waals surface area contributed by atoms with Crippen molar-refractivity contribution in [2.45, 2.75) is 12.8 Å². The summed E-state index contributed by atoms with van der Waals surface area (Å²) in [5, 5.41) is 16.9. The van der Waals surface area contributed by atoms with Crippen LogP contribution >= 0.6 is 0 Å². The van der Waals surface area contributed by atoms with E-state index in [1.54, 1.807) is 97.1 Å². The second-order valence-electron chi connectivity index (χ2n) is 13.3. The number of amides is 6. The Labute approximate surface area is 325 Å². The van der Waals surface area contributed by atoms with E-state index < -0.39 is 6.03 Å². The number of nitrogens with zero attached hydrogens (tertiary/aromatic N) is 2. The van der Waals surface area contributed by atoms with Gasteiger partial charge in [-0.15, -0.1) is 0 Å². The molecule has 292 valence electrons. The number of anilines is 6. The average Bonchev–Trinajstić information content (AvgIpc) is 3.21. The monoisotopic (exact) mass is 762 g/mol. The predicted molar refractivity (Wildman–Crippen MR) is 215 cm³/mol. The minimum Gasteiger partial charge on any atom is -0.379 e. The van der Waals surface area contributed by atoms with E-state index >= 15 is 0 Å². The van der Waals surface area contributed by atoms with E-state index in [4.69, 9.17) is 9.47 Å².